The van der Waals surface area contributed by atoms with Crippen molar-refractivity contribution in [3.63, 3.8) is 0 Å². The van der Waals surface area contributed by atoms with E-state index in [0.717, 1.165) is 0 Å². The number of anilines is 1. The molecule has 0 aliphatic rings. The van der Waals surface area contributed by atoms with Gasteiger partial charge in [-0.1, -0.05) is 29.3 Å². The molecule has 1 heterocycles. The summed E-state index contributed by atoms with van der Waals surface area (Å²) in [5.41, 5.74) is 0.854. The van der Waals surface area contributed by atoms with E-state index in [-0.39, 0.29) is 5.91 Å². The lowest BCUT2D eigenvalue weighted by Gasteiger charge is -2.08. The smallest absolute Gasteiger partial charge is 0.257 e. The number of ether oxygens (including phenoxy) is 1. The number of carbonyl (C=O) groups excluding carboxylic acids is 1. The Bertz CT molecular complexity index is 600. The Hall–Kier alpha value is -1.78. The Morgan fingerprint density at radius 2 is 2.05 bits per heavy atom. The van der Waals surface area contributed by atoms with Gasteiger partial charge in [-0.05, 0) is 18.2 Å². The molecule has 0 saturated carbocycles. The van der Waals surface area contributed by atoms with Crippen LogP contribution in [0.25, 0.3) is 0 Å². The number of pyridine rings is 1. The fraction of sp³-hybridized carbons (Fsp3) is 0.0769. The molecule has 4 nitrogen and oxygen atoms in total. The highest BCUT2D eigenvalue weighted by Crippen LogP contribution is 2.29. The molecule has 0 spiro atoms. The van der Waals surface area contributed by atoms with Gasteiger partial charge in [0.1, 0.15) is 0 Å². The van der Waals surface area contributed by atoms with Crippen LogP contribution in [0.15, 0.2) is 36.5 Å². The van der Waals surface area contributed by atoms with Crippen LogP contribution in [0.3, 0.4) is 0 Å². The first kappa shape index (κ1) is 13.6. The number of hydrogen-bond acceptors (Lipinski definition) is 3. The van der Waals surface area contributed by atoms with E-state index >= 15 is 0 Å². The van der Waals surface area contributed by atoms with E-state index in [9.17, 15) is 4.79 Å². The highest BCUT2D eigenvalue weighted by molar-refractivity contribution is 6.44. The predicted octanol–water partition coefficient (Wildman–Crippen LogP) is 3.65. The van der Waals surface area contributed by atoms with Gasteiger partial charge in [0.05, 0.1) is 28.4 Å². The second-order valence-electron chi connectivity index (χ2n) is 3.64. The first-order chi connectivity index (χ1) is 9.11. The van der Waals surface area contributed by atoms with Gasteiger partial charge < -0.3 is 10.1 Å². The van der Waals surface area contributed by atoms with Gasteiger partial charge in [-0.25, -0.2) is 4.98 Å². The standard InChI is InChI=1S/C13H10Cl2N2O2/c1-19-11-6-5-8(7-16-11)13(18)17-10-4-2-3-9(14)12(10)15/h2-7H,1H3,(H,17,18). The minimum Gasteiger partial charge on any atom is -0.481 e. The van der Waals surface area contributed by atoms with Gasteiger partial charge in [0, 0.05) is 12.3 Å². The fourth-order valence-corrected chi connectivity index (χ4v) is 1.78. The van der Waals surface area contributed by atoms with Crippen LogP contribution in [0.5, 0.6) is 5.88 Å². The van der Waals surface area contributed by atoms with Gasteiger partial charge in [-0.3, -0.25) is 4.79 Å². The predicted molar refractivity (Wildman–Crippen MR) is 75.2 cm³/mol. The number of rotatable bonds is 3. The molecule has 19 heavy (non-hydrogen) atoms. The summed E-state index contributed by atoms with van der Waals surface area (Å²) in [5.74, 6) is 0.122. The van der Waals surface area contributed by atoms with Gasteiger partial charge in [-0.15, -0.1) is 0 Å². The molecule has 0 saturated heterocycles. The third kappa shape index (κ3) is 3.16. The van der Waals surface area contributed by atoms with Crippen molar-refractivity contribution >= 4 is 34.8 Å². The zero-order valence-electron chi connectivity index (χ0n) is 9.98. The second kappa shape index (κ2) is 5.91. The van der Waals surface area contributed by atoms with E-state index in [1.54, 1.807) is 30.3 Å². The molecule has 1 aromatic carbocycles. The van der Waals surface area contributed by atoms with Crippen LogP contribution in [0.2, 0.25) is 10.0 Å². The van der Waals surface area contributed by atoms with Crippen LogP contribution in [-0.2, 0) is 0 Å². The van der Waals surface area contributed by atoms with Gasteiger partial charge in [0.25, 0.3) is 5.91 Å². The van der Waals surface area contributed by atoms with Gasteiger partial charge in [0.15, 0.2) is 0 Å². The van der Waals surface area contributed by atoms with Crippen molar-refractivity contribution < 1.29 is 9.53 Å². The largest absolute Gasteiger partial charge is 0.481 e. The molecule has 1 amide bonds. The first-order valence-corrected chi connectivity index (χ1v) is 6.13. The second-order valence-corrected chi connectivity index (χ2v) is 4.43. The maximum Gasteiger partial charge on any atom is 0.257 e. The van der Waals surface area contributed by atoms with Crippen molar-refractivity contribution in [3.8, 4) is 5.88 Å². The Kier molecular flexibility index (Phi) is 4.24. The number of carbonyl (C=O) groups is 1. The van der Waals surface area contributed by atoms with Gasteiger partial charge >= 0.3 is 0 Å². The number of methoxy groups -OCH3 is 1. The van der Waals surface area contributed by atoms with Crippen molar-refractivity contribution in [2.24, 2.45) is 0 Å². The van der Waals surface area contributed by atoms with Crippen LogP contribution in [0.1, 0.15) is 10.4 Å². The molecule has 0 fully saturated rings. The van der Waals surface area contributed by atoms with E-state index in [4.69, 9.17) is 27.9 Å². The number of nitrogens with one attached hydrogen (secondary N) is 1. The van der Waals surface area contributed by atoms with Crippen LogP contribution in [-0.4, -0.2) is 18.0 Å². The number of benzene rings is 1. The van der Waals surface area contributed by atoms with E-state index in [1.165, 1.54) is 13.3 Å². The van der Waals surface area contributed by atoms with Crippen molar-refractivity contribution in [2.45, 2.75) is 0 Å². The Balaban J connectivity index is 2.18. The summed E-state index contributed by atoms with van der Waals surface area (Å²) in [5, 5.41) is 3.36. The van der Waals surface area contributed by atoms with E-state index in [2.05, 4.69) is 10.3 Å². The number of amides is 1. The fourth-order valence-electron chi connectivity index (χ4n) is 1.43. The molecule has 0 atom stereocenters. The van der Waals surface area contributed by atoms with Gasteiger partial charge in [-0.2, -0.15) is 0 Å². The van der Waals surface area contributed by atoms with Crippen molar-refractivity contribution in [2.75, 3.05) is 12.4 Å². The third-order valence-corrected chi connectivity index (χ3v) is 3.23. The number of aromatic nitrogens is 1. The molecular weight excluding hydrogens is 287 g/mol. The molecule has 98 valence electrons. The molecule has 0 radical (unpaired) electrons. The maximum absolute atomic E-state index is 12.0. The minimum absolute atomic E-state index is 0.305. The molecule has 1 N–H and O–H groups in total. The third-order valence-electron chi connectivity index (χ3n) is 2.41. The van der Waals surface area contributed by atoms with E-state index in [1.807, 2.05) is 0 Å². The number of hydrogen-bond donors (Lipinski definition) is 1. The zero-order valence-corrected chi connectivity index (χ0v) is 11.5. The summed E-state index contributed by atoms with van der Waals surface area (Å²) in [7, 11) is 1.51. The van der Waals surface area contributed by atoms with Crippen LogP contribution in [0, 0.1) is 0 Å². The Morgan fingerprint density at radius 3 is 2.68 bits per heavy atom. The molecule has 0 aliphatic heterocycles. The quantitative estimate of drug-likeness (QED) is 0.940. The Labute approximate surface area is 120 Å². The van der Waals surface area contributed by atoms with Crippen molar-refractivity contribution in [1.82, 2.24) is 4.98 Å². The molecule has 6 heteroatoms. The average Bonchev–Trinajstić information content (AvgIpc) is 2.44. The minimum atomic E-state index is -0.320. The highest BCUT2D eigenvalue weighted by atomic mass is 35.5. The average molecular weight is 297 g/mol. The molecule has 2 rings (SSSR count). The maximum atomic E-state index is 12.0. The monoisotopic (exact) mass is 296 g/mol. The SMILES string of the molecule is COc1ccc(C(=O)Nc2cccc(Cl)c2Cl)cn1. The lowest BCUT2D eigenvalue weighted by Crippen LogP contribution is -2.12. The van der Waals surface area contributed by atoms with Crippen molar-refractivity contribution in [3.05, 3.63) is 52.1 Å². The van der Waals surface area contributed by atoms with Crippen LogP contribution < -0.4 is 10.1 Å². The number of nitrogens with zero attached hydrogens (tertiary/aromatic N) is 1. The summed E-state index contributed by atoms with van der Waals surface area (Å²) in [6, 6.07) is 8.24. The van der Waals surface area contributed by atoms with Crippen LogP contribution in [0.4, 0.5) is 5.69 Å². The molecule has 1 aromatic heterocycles. The molecule has 2 aromatic rings. The highest BCUT2D eigenvalue weighted by Gasteiger charge is 2.10. The summed E-state index contributed by atoms with van der Waals surface area (Å²) in [6.07, 6.45) is 1.42. The molecule has 0 bridgehead atoms. The number of halogens is 2. The zero-order chi connectivity index (χ0) is 13.8. The van der Waals surface area contributed by atoms with E-state index < -0.39 is 0 Å². The van der Waals surface area contributed by atoms with E-state index in [0.29, 0.717) is 27.2 Å². The van der Waals surface area contributed by atoms with Crippen LogP contribution >= 0.6 is 23.2 Å². The van der Waals surface area contributed by atoms with Crippen molar-refractivity contribution in [1.29, 1.82) is 0 Å². The lowest BCUT2D eigenvalue weighted by molar-refractivity contribution is 0.102. The molecular formula is C13H10Cl2N2O2. The summed E-state index contributed by atoms with van der Waals surface area (Å²) in [4.78, 5) is 15.9. The molecule has 0 unspecified atom stereocenters. The molecule has 0 aliphatic carbocycles. The normalized spacial score (nSPS) is 10.1. The topological polar surface area (TPSA) is 51.2 Å². The summed E-state index contributed by atoms with van der Waals surface area (Å²) < 4.78 is 4.92. The Morgan fingerprint density at radius 1 is 1.26 bits per heavy atom. The summed E-state index contributed by atoms with van der Waals surface area (Å²) in [6.45, 7) is 0. The lowest BCUT2D eigenvalue weighted by atomic mass is 10.2. The first-order valence-electron chi connectivity index (χ1n) is 5.37. The summed E-state index contributed by atoms with van der Waals surface area (Å²) >= 11 is 11.9. The van der Waals surface area contributed by atoms with Gasteiger partial charge in [0.2, 0.25) is 5.88 Å².